The molecule has 13 heavy (non-hydrogen) atoms. The van der Waals surface area contributed by atoms with Crippen LogP contribution in [0.2, 0.25) is 0 Å². The van der Waals surface area contributed by atoms with E-state index in [1.165, 1.54) is 0 Å². The average Bonchev–Trinajstić information content (AvgIpc) is 2.12. The molecule has 0 N–H and O–H groups in total. The van der Waals surface area contributed by atoms with Gasteiger partial charge in [-0.1, -0.05) is 0 Å². The molecule has 4 heteroatoms. The molecule has 4 nitrogen and oxygen atoms in total. The third kappa shape index (κ3) is 7.74. The van der Waals surface area contributed by atoms with E-state index in [4.69, 9.17) is 14.2 Å². The highest BCUT2D eigenvalue weighted by Crippen LogP contribution is 1.92. The number of carbonyl (C=O) groups excluding carboxylic acids is 1. The number of ether oxygens (including phenoxy) is 3. The molecule has 0 aliphatic heterocycles. The fraction of sp³-hybridized carbons (Fsp3) is 0.889. The number of hydrogen-bond acceptors (Lipinski definition) is 4. The Balaban J connectivity index is 3.34. The van der Waals surface area contributed by atoms with E-state index in [0.29, 0.717) is 19.8 Å². The molecule has 0 aliphatic carbocycles. The van der Waals surface area contributed by atoms with Gasteiger partial charge in [-0.15, -0.1) is 0 Å². The van der Waals surface area contributed by atoms with Gasteiger partial charge in [0.05, 0.1) is 19.3 Å². The van der Waals surface area contributed by atoms with Gasteiger partial charge in [0, 0.05) is 6.61 Å². The first-order valence-electron chi connectivity index (χ1n) is 4.55. The maximum atomic E-state index is 10.8. The maximum Gasteiger partial charge on any atom is 0.332 e. The van der Waals surface area contributed by atoms with Crippen LogP contribution in [0.1, 0.15) is 20.8 Å². The Morgan fingerprint density at radius 3 is 2.54 bits per heavy atom. The van der Waals surface area contributed by atoms with E-state index in [-0.39, 0.29) is 18.7 Å². The molecule has 0 spiro atoms. The molecule has 1 atom stereocenters. The smallest absolute Gasteiger partial charge is 0.332 e. The molecular weight excluding hydrogens is 172 g/mol. The van der Waals surface area contributed by atoms with Gasteiger partial charge in [0.15, 0.2) is 0 Å². The van der Waals surface area contributed by atoms with Crippen LogP contribution in [0.3, 0.4) is 0 Å². The third-order valence-electron chi connectivity index (χ3n) is 1.35. The van der Waals surface area contributed by atoms with E-state index in [1.807, 2.05) is 13.8 Å². The van der Waals surface area contributed by atoms with Gasteiger partial charge in [0.25, 0.3) is 0 Å². The van der Waals surface area contributed by atoms with Crippen molar-refractivity contribution in [3.63, 3.8) is 0 Å². The van der Waals surface area contributed by atoms with Gasteiger partial charge in [0.1, 0.15) is 6.61 Å². The Labute approximate surface area is 79.2 Å². The van der Waals surface area contributed by atoms with Gasteiger partial charge in [0.2, 0.25) is 0 Å². The van der Waals surface area contributed by atoms with Crippen LogP contribution in [0.4, 0.5) is 0 Å². The summed E-state index contributed by atoms with van der Waals surface area (Å²) in [7, 11) is 0. The van der Waals surface area contributed by atoms with Crippen molar-refractivity contribution in [2.24, 2.45) is 0 Å². The first kappa shape index (κ1) is 12.4. The molecule has 0 fully saturated rings. The molecule has 0 amide bonds. The summed E-state index contributed by atoms with van der Waals surface area (Å²) in [6, 6.07) is 0. The van der Waals surface area contributed by atoms with Crippen LogP contribution >= 0.6 is 0 Å². The molecule has 0 saturated carbocycles. The monoisotopic (exact) mass is 190 g/mol. The zero-order valence-corrected chi connectivity index (χ0v) is 8.54. The van der Waals surface area contributed by atoms with Gasteiger partial charge in [-0.3, -0.25) is 0 Å². The number of esters is 1. The molecule has 1 unspecified atom stereocenters. The molecule has 78 valence electrons. The number of hydrogen-bond donors (Lipinski definition) is 0. The molecule has 0 saturated heterocycles. The Bertz CT molecular complexity index is 136. The third-order valence-corrected chi connectivity index (χ3v) is 1.35. The van der Waals surface area contributed by atoms with Crippen molar-refractivity contribution < 1.29 is 19.0 Å². The summed E-state index contributed by atoms with van der Waals surface area (Å²) in [6.07, 6.45) is -0.0654. The summed E-state index contributed by atoms with van der Waals surface area (Å²) >= 11 is 0. The predicted octanol–water partition coefficient (Wildman–Crippen LogP) is 0.991. The first-order chi connectivity index (χ1) is 6.20. The highest BCUT2D eigenvalue weighted by atomic mass is 16.6. The van der Waals surface area contributed by atoms with Crippen LogP contribution in [0.5, 0.6) is 0 Å². The topological polar surface area (TPSA) is 44.8 Å². The van der Waals surface area contributed by atoms with Gasteiger partial charge in [-0.2, -0.15) is 0 Å². The van der Waals surface area contributed by atoms with E-state index in [9.17, 15) is 4.79 Å². The number of rotatable bonds is 7. The second-order valence-corrected chi connectivity index (χ2v) is 2.59. The van der Waals surface area contributed by atoms with Gasteiger partial charge in [-0.05, 0) is 20.8 Å². The molecular formula is C9H18O4. The zero-order chi connectivity index (χ0) is 10.1. The lowest BCUT2D eigenvalue weighted by molar-refractivity contribution is -0.151. The molecule has 0 radical (unpaired) electrons. The molecule has 0 heterocycles. The maximum absolute atomic E-state index is 10.8. The van der Waals surface area contributed by atoms with E-state index in [0.717, 1.165) is 0 Å². The Morgan fingerprint density at radius 2 is 2.00 bits per heavy atom. The lowest BCUT2D eigenvalue weighted by Gasteiger charge is -2.11. The van der Waals surface area contributed by atoms with Crippen molar-refractivity contribution in [3.05, 3.63) is 0 Å². The van der Waals surface area contributed by atoms with Crippen LogP contribution < -0.4 is 0 Å². The van der Waals surface area contributed by atoms with Crippen molar-refractivity contribution in [1.29, 1.82) is 0 Å². The van der Waals surface area contributed by atoms with E-state index >= 15 is 0 Å². The number of carbonyl (C=O) groups is 1. The highest BCUT2D eigenvalue weighted by Gasteiger charge is 2.06. The summed E-state index contributed by atoms with van der Waals surface area (Å²) < 4.78 is 15.0. The Kier molecular flexibility index (Phi) is 7.63. The minimum atomic E-state index is -0.328. The quantitative estimate of drug-likeness (QED) is 0.562. The lowest BCUT2D eigenvalue weighted by Crippen LogP contribution is -2.21. The predicted molar refractivity (Wildman–Crippen MR) is 48.5 cm³/mol. The second-order valence-electron chi connectivity index (χ2n) is 2.59. The van der Waals surface area contributed by atoms with Gasteiger partial charge >= 0.3 is 5.97 Å². The highest BCUT2D eigenvalue weighted by molar-refractivity contribution is 5.70. The molecule has 0 aromatic carbocycles. The summed E-state index contributed by atoms with van der Waals surface area (Å²) in [5, 5.41) is 0. The minimum absolute atomic E-state index is 0.00206. The van der Waals surface area contributed by atoms with Crippen LogP contribution in [0, 0.1) is 0 Å². The van der Waals surface area contributed by atoms with Crippen molar-refractivity contribution in [3.8, 4) is 0 Å². The van der Waals surface area contributed by atoms with Crippen molar-refractivity contribution in [1.82, 2.24) is 0 Å². The SMILES string of the molecule is CCOCC(C)OCC(=O)OCC. The fourth-order valence-corrected chi connectivity index (χ4v) is 0.745. The molecule has 0 aromatic heterocycles. The Morgan fingerprint density at radius 1 is 1.31 bits per heavy atom. The molecule has 0 rings (SSSR count). The van der Waals surface area contributed by atoms with Crippen molar-refractivity contribution in [2.45, 2.75) is 26.9 Å². The van der Waals surface area contributed by atoms with Crippen molar-refractivity contribution >= 4 is 5.97 Å². The average molecular weight is 190 g/mol. The van der Waals surface area contributed by atoms with Crippen molar-refractivity contribution in [2.75, 3.05) is 26.4 Å². The molecule has 0 aromatic rings. The summed E-state index contributed by atoms with van der Waals surface area (Å²) in [5.74, 6) is -0.328. The summed E-state index contributed by atoms with van der Waals surface area (Å²) in [4.78, 5) is 10.8. The van der Waals surface area contributed by atoms with E-state index < -0.39 is 0 Å². The minimum Gasteiger partial charge on any atom is -0.464 e. The molecule has 0 bridgehead atoms. The van der Waals surface area contributed by atoms with Gasteiger partial charge < -0.3 is 14.2 Å². The summed E-state index contributed by atoms with van der Waals surface area (Å²) in [6.45, 7) is 7.10. The Hall–Kier alpha value is -0.610. The zero-order valence-electron chi connectivity index (χ0n) is 8.54. The second kappa shape index (κ2) is 8.01. The van der Waals surface area contributed by atoms with Crippen LogP contribution in [0.15, 0.2) is 0 Å². The lowest BCUT2D eigenvalue weighted by atomic mass is 10.4. The first-order valence-corrected chi connectivity index (χ1v) is 4.55. The summed E-state index contributed by atoms with van der Waals surface area (Å²) in [5.41, 5.74) is 0. The van der Waals surface area contributed by atoms with Crippen LogP contribution in [-0.4, -0.2) is 38.5 Å². The molecule has 0 aliphatic rings. The van der Waals surface area contributed by atoms with Crippen LogP contribution in [-0.2, 0) is 19.0 Å². The van der Waals surface area contributed by atoms with Crippen LogP contribution in [0.25, 0.3) is 0 Å². The standard InChI is InChI=1S/C9H18O4/c1-4-11-6-8(3)13-7-9(10)12-5-2/h8H,4-7H2,1-3H3. The van der Waals surface area contributed by atoms with E-state index in [2.05, 4.69) is 0 Å². The fourth-order valence-electron chi connectivity index (χ4n) is 0.745. The largest absolute Gasteiger partial charge is 0.464 e. The van der Waals surface area contributed by atoms with E-state index in [1.54, 1.807) is 6.92 Å². The van der Waals surface area contributed by atoms with Gasteiger partial charge in [-0.25, -0.2) is 4.79 Å². The normalized spacial score (nSPS) is 12.5.